The van der Waals surface area contributed by atoms with Crippen molar-refractivity contribution in [1.29, 1.82) is 0 Å². The molecule has 0 atom stereocenters. The van der Waals surface area contributed by atoms with Gasteiger partial charge in [-0.25, -0.2) is 9.97 Å². The molecule has 7 nitrogen and oxygen atoms in total. The number of methoxy groups -OCH3 is 1. The molecule has 1 amide bonds. The van der Waals surface area contributed by atoms with Crippen LogP contribution in [0.3, 0.4) is 0 Å². The standard InChI is InChI=1S/C18H20N4O3/c1-25-17(24)18(13-5-3-2-4-6-13)7-11-22(12-8-18)16(23)14-15(19)21-10-9-20-14/h2-6,9-10H,7-8,11-12H2,1H3,(H2,19,21). The van der Waals surface area contributed by atoms with Crippen molar-refractivity contribution >= 4 is 17.7 Å². The highest BCUT2D eigenvalue weighted by Gasteiger charge is 2.45. The summed E-state index contributed by atoms with van der Waals surface area (Å²) in [5, 5.41) is 0. The van der Waals surface area contributed by atoms with Crippen molar-refractivity contribution in [2.24, 2.45) is 0 Å². The predicted octanol–water partition coefficient (Wildman–Crippen LogP) is 1.41. The Morgan fingerprint density at radius 3 is 2.36 bits per heavy atom. The molecule has 1 fully saturated rings. The number of anilines is 1. The quantitative estimate of drug-likeness (QED) is 0.848. The van der Waals surface area contributed by atoms with Crippen molar-refractivity contribution in [3.63, 3.8) is 0 Å². The summed E-state index contributed by atoms with van der Waals surface area (Å²) in [6.07, 6.45) is 3.85. The molecule has 2 N–H and O–H groups in total. The second-order valence-corrected chi connectivity index (χ2v) is 6.02. The number of ether oxygens (including phenoxy) is 1. The molecule has 1 aromatic carbocycles. The Morgan fingerprint density at radius 2 is 1.76 bits per heavy atom. The lowest BCUT2D eigenvalue weighted by Crippen LogP contribution is -2.49. The molecule has 2 aromatic rings. The van der Waals surface area contributed by atoms with Gasteiger partial charge in [-0.15, -0.1) is 0 Å². The van der Waals surface area contributed by atoms with Crippen LogP contribution in [0.1, 0.15) is 28.9 Å². The van der Waals surface area contributed by atoms with Crippen molar-refractivity contribution in [3.8, 4) is 0 Å². The van der Waals surface area contributed by atoms with Crippen LogP contribution in [0.15, 0.2) is 42.7 Å². The van der Waals surface area contributed by atoms with E-state index in [2.05, 4.69) is 9.97 Å². The largest absolute Gasteiger partial charge is 0.468 e. The Morgan fingerprint density at radius 1 is 1.12 bits per heavy atom. The van der Waals surface area contributed by atoms with Gasteiger partial charge in [-0.1, -0.05) is 30.3 Å². The molecule has 0 bridgehead atoms. The van der Waals surface area contributed by atoms with Gasteiger partial charge >= 0.3 is 5.97 Å². The first-order chi connectivity index (χ1) is 12.1. The molecule has 2 heterocycles. The summed E-state index contributed by atoms with van der Waals surface area (Å²) in [6, 6.07) is 9.56. The zero-order valence-corrected chi connectivity index (χ0v) is 14.0. The predicted molar refractivity (Wildman–Crippen MR) is 91.7 cm³/mol. The normalized spacial score (nSPS) is 16.3. The van der Waals surface area contributed by atoms with Crippen molar-refractivity contribution in [2.75, 3.05) is 25.9 Å². The number of esters is 1. The van der Waals surface area contributed by atoms with Crippen molar-refractivity contribution in [3.05, 3.63) is 54.0 Å². The third kappa shape index (κ3) is 3.05. The van der Waals surface area contributed by atoms with E-state index in [9.17, 15) is 9.59 Å². The smallest absolute Gasteiger partial charge is 0.316 e. The third-order valence-corrected chi connectivity index (χ3v) is 4.74. The summed E-state index contributed by atoms with van der Waals surface area (Å²) in [7, 11) is 1.39. The van der Waals surface area contributed by atoms with E-state index in [1.165, 1.54) is 19.5 Å². The van der Waals surface area contributed by atoms with Crippen LogP contribution in [0, 0.1) is 0 Å². The zero-order chi connectivity index (χ0) is 17.9. The number of nitrogens with two attached hydrogens (primary N) is 1. The number of aromatic nitrogens is 2. The van der Waals surface area contributed by atoms with E-state index < -0.39 is 5.41 Å². The highest BCUT2D eigenvalue weighted by molar-refractivity contribution is 5.96. The summed E-state index contributed by atoms with van der Waals surface area (Å²) in [4.78, 5) is 34.7. The molecule has 1 saturated heterocycles. The summed E-state index contributed by atoms with van der Waals surface area (Å²) in [5.74, 6) is -0.428. The molecular formula is C18H20N4O3. The van der Waals surface area contributed by atoms with Crippen molar-refractivity contribution in [2.45, 2.75) is 18.3 Å². The molecule has 3 rings (SSSR count). The number of benzene rings is 1. The van der Waals surface area contributed by atoms with E-state index in [1.54, 1.807) is 4.90 Å². The van der Waals surface area contributed by atoms with Gasteiger partial charge in [-0.2, -0.15) is 0 Å². The van der Waals surface area contributed by atoms with Gasteiger partial charge in [0.15, 0.2) is 11.5 Å². The maximum absolute atomic E-state index is 12.6. The first-order valence-corrected chi connectivity index (χ1v) is 8.08. The Bertz CT molecular complexity index is 771. The average Bonchev–Trinajstić information content (AvgIpc) is 2.68. The summed E-state index contributed by atoms with van der Waals surface area (Å²) in [6.45, 7) is 0.831. The molecule has 7 heteroatoms. The minimum Gasteiger partial charge on any atom is -0.468 e. The third-order valence-electron chi connectivity index (χ3n) is 4.74. The Labute approximate surface area is 145 Å². The Hall–Kier alpha value is -2.96. The zero-order valence-electron chi connectivity index (χ0n) is 14.0. The van der Waals surface area contributed by atoms with Gasteiger partial charge in [0.2, 0.25) is 0 Å². The number of nitrogen functional groups attached to an aromatic ring is 1. The van der Waals surface area contributed by atoms with E-state index in [0.717, 1.165) is 5.56 Å². The summed E-state index contributed by atoms with van der Waals surface area (Å²) >= 11 is 0. The summed E-state index contributed by atoms with van der Waals surface area (Å²) in [5.41, 5.74) is 6.07. The van der Waals surface area contributed by atoms with Crippen molar-refractivity contribution in [1.82, 2.24) is 14.9 Å². The molecule has 0 saturated carbocycles. The van der Waals surface area contributed by atoms with E-state index in [4.69, 9.17) is 10.5 Å². The van der Waals surface area contributed by atoms with Crippen LogP contribution in [0.25, 0.3) is 0 Å². The number of amides is 1. The minimum absolute atomic E-state index is 0.111. The molecule has 1 aliphatic rings. The molecule has 0 spiro atoms. The molecule has 0 aliphatic carbocycles. The van der Waals surface area contributed by atoms with Crippen molar-refractivity contribution < 1.29 is 14.3 Å². The van der Waals surface area contributed by atoms with Crippen LogP contribution >= 0.6 is 0 Å². The van der Waals surface area contributed by atoms with Crippen LogP contribution in [-0.2, 0) is 14.9 Å². The Kier molecular flexibility index (Phi) is 4.65. The molecular weight excluding hydrogens is 320 g/mol. The number of hydrogen-bond donors (Lipinski definition) is 1. The second kappa shape index (κ2) is 6.88. The van der Waals surface area contributed by atoms with Crippen LogP contribution in [0.4, 0.5) is 5.82 Å². The fourth-order valence-corrected chi connectivity index (χ4v) is 3.32. The van der Waals surface area contributed by atoms with E-state index >= 15 is 0 Å². The molecule has 0 unspecified atom stereocenters. The lowest BCUT2D eigenvalue weighted by molar-refractivity contribution is -0.149. The molecule has 1 aromatic heterocycles. The van der Waals surface area contributed by atoms with Gasteiger partial charge in [-0.05, 0) is 18.4 Å². The monoisotopic (exact) mass is 340 g/mol. The van der Waals surface area contributed by atoms with Gasteiger partial charge in [0.1, 0.15) is 0 Å². The number of likely N-dealkylation sites (tertiary alicyclic amines) is 1. The maximum Gasteiger partial charge on any atom is 0.316 e. The SMILES string of the molecule is COC(=O)C1(c2ccccc2)CCN(C(=O)c2nccnc2N)CC1. The number of piperidine rings is 1. The lowest BCUT2D eigenvalue weighted by atomic mass is 9.72. The average molecular weight is 340 g/mol. The highest BCUT2D eigenvalue weighted by atomic mass is 16.5. The number of nitrogens with zero attached hydrogens (tertiary/aromatic N) is 3. The van der Waals surface area contributed by atoms with E-state index in [-0.39, 0.29) is 23.4 Å². The molecule has 25 heavy (non-hydrogen) atoms. The van der Waals surface area contributed by atoms with Gasteiger partial charge in [0.05, 0.1) is 12.5 Å². The lowest BCUT2D eigenvalue weighted by Gasteiger charge is -2.40. The number of hydrogen-bond acceptors (Lipinski definition) is 6. The van der Waals surface area contributed by atoms with Gasteiger partial charge < -0.3 is 15.4 Å². The van der Waals surface area contributed by atoms with Crippen LogP contribution < -0.4 is 5.73 Å². The number of carbonyl (C=O) groups excluding carboxylic acids is 2. The number of rotatable bonds is 3. The van der Waals surface area contributed by atoms with E-state index in [1.807, 2.05) is 30.3 Å². The molecule has 1 aliphatic heterocycles. The highest BCUT2D eigenvalue weighted by Crippen LogP contribution is 2.37. The minimum atomic E-state index is -0.735. The second-order valence-electron chi connectivity index (χ2n) is 6.02. The van der Waals surface area contributed by atoms with Crippen LogP contribution in [-0.4, -0.2) is 46.9 Å². The van der Waals surface area contributed by atoms with Crippen LogP contribution in [0.2, 0.25) is 0 Å². The Balaban J connectivity index is 1.82. The van der Waals surface area contributed by atoms with Crippen LogP contribution in [0.5, 0.6) is 0 Å². The van der Waals surface area contributed by atoms with Gasteiger partial charge in [-0.3, -0.25) is 9.59 Å². The topological polar surface area (TPSA) is 98.4 Å². The fraction of sp³-hybridized carbons (Fsp3) is 0.333. The van der Waals surface area contributed by atoms with E-state index in [0.29, 0.717) is 25.9 Å². The first kappa shape index (κ1) is 16.9. The molecule has 0 radical (unpaired) electrons. The van der Waals surface area contributed by atoms with Gasteiger partial charge in [0, 0.05) is 25.5 Å². The number of carbonyl (C=O) groups is 2. The van der Waals surface area contributed by atoms with Gasteiger partial charge in [0.25, 0.3) is 5.91 Å². The maximum atomic E-state index is 12.6. The fourth-order valence-electron chi connectivity index (χ4n) is 3.32. The first-order valence-electron chi connectivity index (χ1n) is 8.08. The summed E-state index contributed by atoms with van der Waals surface area (Å²) < 4.78 is 5.06. The molecule has 130 valence electrons.